The predicted octanol–water partition coefficient (Wildman–Crippen LogP) is 5.34. The number of aliphatic hydroxyl groups is 1. The number of amides is 1. The number of carbonyl (C=O) groups is 1. The van der Waals surface area contributed by atoms with E-state index in [1.54, 1.807) is 6.07 Å². The smallest absolute Gasteiger partial charge is 0.372 e. The van der Waals surface area contributed by atoms with Gasteiger partial charge in [-0.25, -0.2) is 0 Å². The number of halogens is 5. The second-order valence-electron chi connectivity index (χ2n) is 8.54. The van der Waals surface area contributed by atoms with E-state index in [1.807, 2.05) is 13.8 Å². The number of alkyl halides is 3. The summed E-state index contributed by atoms with van der Waals surface area (Å²) >= 11 is 12.2. The van der Waals surface area contributed by atoms with Gasteiger partial charge in [0.1, 0.15) is 0 Å². The summed E-state index contributed by atoms with van der Waals surface area (Å²) in [6.07, 6.45) is -3.85. The topological polar surface area (TPSA) is 67.6 Å². The van der Waals surface area contributed by atoms with Crippen LogP contribution in [0.2, 0.25) is 10.0 Å². The fraction of sp³-hybridized carbons (Fsp3) is 0.417. The van der Waals surface area contributed by atoms with E-state index in [1.165, 1.54) is 29.2 Å². The molecule has 180 valence electrons. The zero-order valence-electron chi connectivity index (χ0n) is 18.5. The third kappa shape index (κ3) is 3.75. The van der Waals surface area contributed by atoms with Crippen LogP contribution in [0.15, 0.2) is 30.3 Å². The van der Waals surface area contributed by atoms with Crippen LogP contribution in [0.25, 0.3) is 0 Å². The van der Waals surface area contributed by atoms with Crippen LogP contribution in [-0.2, 0) is 16.6 Å². The Kier molecular flexibility index (Phi) is 6.36. The van der Waals surface area contributed by atoms with Gasteiger partial charge in [-0.3, -0.25) is 4.79 Å². The van der Waals surface area contributed by atoms with Crippen LogP contribution in [-0.4, -0.2) is 41.1 Å². The van der Waals surface area contributed by atoms with Crippen molar-refractivity contribution in [2.75, 3.05) is 18.0 Å². The Hall–Kier alpha value is -2.31. The Morgan fingerprint density at radius 3 is 2.38 bits per heavy atom. The molecule has 1 fully saturated rings. The van der Waals surface area contributed by atoms with Gasteiger partial charge in [-0.2, -0.15) is 18.4 Å². The van der Waals surface area contributed by atoms with Crippen LogP contribution in [0.1, 0.15) is 48.9 Å². The van der Waals surface area contributed by atoms with Crippen molar-refractivity contribution in [1.82, 2.24) is 4.90 Å². The minimum Gasteiger partial charge on any atom is -0.372 e. The quantitative estimate of drug-likeness (QED) is 0.588. The largest absolute Gasteiger partial charge is 0.416 e. The summed E-state index contributed by atoms with van der Waals surface area (Å²) in [7, 11) is 0. The number of benzene rings is 2. The first-order valence-corrected chi connectivity index (χ1v) is 11.6. The molecule has 1 atom stereocenters. The van der Waals surface area contributed by atoms with E-state index in [4.69, 9.17) is 23.2 Å². The van der Waals surface area contributed by atoms with E-state index in [0.29, 0.717) is 18.9 Å². The molecule has 1 unspecified atom stereocenters. The van der Waals surface area contributed by atoms with Gasteiger partial charge in [0.2, 0.25) is 0 Å². The minimum absolute atomic E-state index is 0.118. The molecule has 0 radical (unpaired) electrons. The molecule has 0 bridgehead atoms. The Labute approximate surface area is 205 Å². The molecular weight excluding hydrogens is 490 g/mol. The first-order chi connectivity index (χ1) is 16.0. The minimum atomic E-state index is -4.93. The molecule has 1 N–H and O–H groups in total. The molecule has 0 saturated heterocycles. The lowest BCUT2D eigenvalue weighted by Crippen LogP contribution is -2.56. The molecule has 5 nitrogen and oxygen atoms in total. The molecule has 1 aliphatic carbocycles. The van der Waals surface area contributed by atoms with E-state index in [9.17, 15) is 28.3 Å². The first kappa shape index (κ1) is 24.8. The van der Waals surface area contributed by atoms with Crippen molar-refractivity contribution >= 4 is 34.8 Å². The number of nitriles is 1. The van der Waals surface area contributed by atoms with Crippen LogP contribution in [0.3, 0.4) is 0 Å². The van der Waals surface area contributed by atoms with E-state index < -0.39 is 34.9 Å². The van der Waals surface area contributed by atoms with Gasteiger partial charge in [0, 0.05) is 33.3 Å². The molecule has 2 aliphatic rings. The van der Waals surface area contributed by atoms with E-state index >= 15 is 0 Å². The highest BCUT2D eigenvalue weighted by Crippen LogP contribution is 2.54. The molecule has 10 heteroatoms. The highest BCUT2D eigenvalue weighted by molar-refractivity contribution is 6.35. The van der Waals surface area contributed by atoms with Crippen molar-refractivity contribution in [3.63, 3.8) is 0 Å². The van der Waals surface area contributed by atoms with E-state index in [2.05, 4.69) is 4.90 Å². The predicted molar refractivity (Wildman–Crippen MR) is 123 cm³/mol. The zero-order chi connectivity index (χ0) is 25.0. The van der Waals surface area contributed by atoms with Crippen LogP contribution in [0.5, 0.6) is 0 Å². The van der Waals surface area contributed by atoms with Crippen LogP contribution >= 0.6 is 23.2 Å². The van der Waals surface area contributed by atoms with E-state index in [0.717, 1.165) is 13.1 Å². The highest BCUT2D eigenvalue weighted by atomic mass is 35.5. The van der Waals surface area contributed by atoms with Gasteiger partial charge in [-0.1, -0.05) is 43.1 Å². The standard InChI is InChI=1S/C24H22Cl2F3N3O2/c1-3-31(4-2)15-10-16(11-15)32-20-8-13(12-30)7-18(24(27,28)29)21(20)23(34,22(32)33)17-6-5-14(25)9-19(17)26/h5-9,15-16,34H,3-4,10-11H2,1-2H3/t15-,16+,23?. The normalized spacial score (nSPS) is 24.2. The van der Waals surface area contributed by atoms with E-state index in [-0.39, 0.29) is 32.9 Å². The Balaban J connectivity index is 1.92. The van der Waals surface area contributed by atoms with Gasteiger partial charge in [0.05, 0.1) is 22.9 Å². The molecule has 2 aromatic rings. The molecule has 34 heavy (non-hydrogen) atoms. The Morgan fingerprint density at radius 1 is 1.21 bits per heavy atom. The molecule has 1 aliphatic heterocycles. The third-order valence-electron chi connectivity index (χ3n) is 6.80. The molecule has 2 aromatic carbocycles. The van der Waals surface area contributed by atoms with Crippen molar-refractivity contribution in [3.8, 4) is 6.07 Å². The summed E-state index contributed by atoms with van der Waals surface area (Å²) in [5, 5.41) is 21.2. The van der Waals surface area contributed by atoms with Gasteiger partial charge in [-0.15, -0.1) is 0 Å². The summed E-state index contributed by atoms with van der Waals surface area (Å²) in [6.45, 7) is 5.64. The second kappa shape index (κ2) is 8.72. The van der Waals surface area contributed by atoms with Crippen LogP contribution in [0.4, 0.5) is 18.9 Å². The third-order valence-corrected chi connectivity index (χ3v) is 7.35. The Morgan fingerprint density at radius 2 is 1.85 bits per heavy atom. The molecule has 0 aromatic heterocycles. The maximum Gasteiger partial charge on any atom is 0.416 e. The Bertz CT molecular complexity index is 1190. The number of anilines is 1. The van der Waals surface area contributed by atoms with Gasteiger partial charge >= 0.3 is 6.18 Å². The molecule has 1 amide bonds. The highest BCUT2D eigenvalue weighted by Gasteiger charge is 2.59. The lowest BCUT2D eigenvalue weighted by atomic mass is 9.83. The lowest BCUT2D eigenvalue weighted by Gasteiger charge is -2.46. The average molecular weight is 512 g/mol. The maximum atomic E-state index is 14.2. The average Bonchev–Trinajstić information content (AvgIpc) is 2.96. The molecule has 4 rings (SSSR count). The molecule has 0 spiro atoms. The van der Waals surface area contributed by atoms with Gasteiger partial charge in [0.15, 0.2) is 5.60 Å². The van der Waals surface area contributed by atoms with Gasteiger partial charge in [0.25, 0.3) is 5.91 Å². The molecular formula is C24H22Cl2F3N3O2. The summed E-state index contributed by atoms with van der Waals surface area (Å²) in [5.41, 5.74) is -5.11. The van der Waals surface area contributed by atoms with Crippen molar-refractivity contribution in [3.05, 3.63) is 62.6 Å². The number of carbonyl (C=O) groups excluding carboxylic acids is 1. The number of fused-ring (bicyclic) bond motifs is 1. The van der Waals surface area contributed by atoms with Crippen molar-refractivity contribution in [2.45, 2.75) is 50.6 Å². The lowest BCUT2D eigenvalue weighted by molar-refractivity contribution is -0.142. The summed E-state index contributed by atoms with van der Waals surface area (Å²) in [5.74, 6) is -0.921. The van der Waals surface area contributed by atoms with Crippen molar-refractivity contribution < 1.29 is 23.1 Å². The molecule has 1 heterocycles. The second-order valence-corrected chi connectivity index (χ2v) is 9.38. The number of rotatable bonds is 5. The van der Waals surface area contributed by atoms with Crippen molar-refractivity contribution in [1.29, 1.82) is 5.26 Å². The summed E-state index contributed by atoms with van der Waals surface area (Å²) in [4.78, 5) is 17.2. The monoisotopic (exact) mass is 511 g/mol. The van der Waals surface area contributed by atoms with Gasteiger partial charge < -0.3 is 14.9 Å². The van der Waals surface area contributed by atoms with Gasteiger partial charge in [-0.05, 0) is 50.2 Å². The number of hydrogen-bond acceptors (Lipinski definition) is 4. The summed E-state index contributed by atoms with van der Waals surface area (Å²) < 4.78 is 42.5. The number of hydrogen-bond donors (Lipinski definition) is 1. The fourth-order valence-electron chi connectivity index (χ4n) is 5.08. The molecule has 1 saturated carbocycles. The SMILES string of the molecule is CCN(CC)[C@H]1C[C@@H](N2C(=O)C(O)(c3ccc(Cl)cc3Cl)c3c2cc(C#N)cc3C(F)(F)F)C1. The fourth-order valence-corrected chi connectivity index (χ4v) is 5.62. The maximum absolute atomic E-state index is 14.2. The first-order valence-electron chi connectivity index (χ1n) is 10.9. The van der Waals surface area contributed by atoms with Crippen molar-refractivity contribution in [2.24, 2.45) is 0 Å². The summed E-state index contributed by atoms with van der Waals surface area (Å²) in [6, 6.07) is 7.25. The number of nitrogens with zero attached hydrogens (tertiary/aromatic N) is 3. The van der Waals surface area contributed by atoms with Crippen LogP contribution < -0.4 is 4.90 Å². The zero-order valence-corrected chi connectivity index (χ0v) is 20.0. The van der Waals surface area contributed by atoms with Crippen LogP contribution in [0, 0.1) is 11.3 Å².